The van der Waals surface area contributed by atoms with Crippen molar-refractivity contribution in [1.82, 2.24) is 9.97 Å². The van der Waals surface area contributed by atoms with Gasteiger partial charge in [0.05, 0.1) is 11.4 Å². The molecule has 4 aromatic heterocycles. The number of benzene rings is 5. The first-order valence-corrected chi connectivity index (χ1v) is 18.7. The first-order valence-electron chi connectivity index (χ1n) is 18.7. The Kier molecular flexibility index (Phi) is 7.48. The molecule has 9 aromatic rings. The van der Waals surface area contributed by atoms with Crippen LogP contribution in [0, 0.1) is 27.7 Å². The number of hydrogen-bond acceptors (Lipinski definition) is 4. The summed E-state index contributed by atoms with van der Waals surface area (Å²) < 4.78 is 12.9. The number of rotatable bonds is 5. The molecule has 5 aromatic carbocycles. The summed E-state index contributed by atoms with van der Waals surface area (Å²) in [6.07, 6.45) is 9.22. The smallest absolute Gasteiger partial charge is 0.143 e. The number of fused-ring (bicyclic) bond motifs is 6. The normalized spacial score (nSPS) is 14.0. The van der Waals surface area contributed by atoms with E-state index in [1.807, 2.05) is 30.6 Å². The molecule has 1 aliphatic carbocycles. The van der Waals surface area contributed by atoms with E-state index in [-0.39, 0.29) is 5.92 Å². The molecule has 0 bridgehead atoms. The van der Waals surface area contributed by atoms with Gasteiger partial charge in [-0.3, -0.25) is 9.97 Å². The molecule has 1 aliphatic rings. The fraction of sp³-hybridized carbons (Fsp3) is 0.120. The van der Waals surface area contributed by atoms with Crippen LogP contribution in [0.4, 0.5) is 0 Å². The minimum absolute atomic E-state index is 0.185. The molecule has 1 atom stereocenters. The second kappa shape index (κ2) is 12.6. The van der Waals surface area contributed by atoms with Crippen molar-refractivity contribution in [3.8, 4) is 44.8 Å². The fourth-order valence-electron chi connectivity index (χ4n) is 8.59. The van der Waals surface area contributed by atoms with Crippen LogP contribution in [0.15, 0.2) is 143 Å². The van der Waals surface area contributed by atoms with Gasteiger partial charge >= 0.3 is 0 Å². The topological polar surface area (TPSA) is 52.1 Å². The maximum Gasteiger partial charge on any atom is 0.143 e. The van der Waals surface area contributed by atoms with Gasteiger partial charge in [0.1, 0.15) is 22.5 Å². The lowest BCUT2D eigenvalue weighted by atomic mass is 9.82. The Balaban J connectivity index is 0.976. The average molecular weight is 699 g/mol. The van der Waals surface area contributed by atoms with E-state index in [4.69, 9.17) is 18.8 Å². The van der Waals surface area contributed by atoms with E-state index < -0.39 is 0 Å². The third-order valence-corrected chi connectivity index (χ3v) is 11.3. The molecule has 0 N–H and O–H groups in total. The Labute approximate surface area is 314 Å². The van der Waals surface area contributed by atoms with Gasteiger partial charge in [-0.1, -0.05) is 91.0 Å². The largest absolute Gasteiger partial charge is 0.460 e. The van der Waals surface area contributed by atoms with Crippen LogP contribution < -0.4 is 0 Å². The van der Waals surface area contributed by atoms with Crippen LogP contribution >= 0.6 is 0 Å². The van der Waals surface area contributed by atoms with Crippen LogP contribution in [0.5, 0.6) is 0 Å². The summed E-state index contributed by atoms with van der Waals surface area (Å²) in [6.45, 7) is 8.80. The molecule has 4 heterocycles. The Morgan fingerprint density at radius 2 is 1.11 bits per heavy atom. The number of allylic oxidation sites excluding steroid dienone is 1. The van der Waals surface area contributed by atoms with Gasteiger partial charge in [0.25, 0.3) is 0 Å². The van der Waals surface area contributed by atoms with Crippen LogP contribution in [-0.2, 0) is 0 Å². The summed E-state index contributed by atoms with van der Waals surface area (Å²) >= 11 is 0. The van der Waals surface area contributed by atoms with Gasteiger partial charge in [-0.25, -0.2) is 0 Å². The number of para-hydroxylation sites is 3. The monoisotopic (exact) mass is 698 g/mol. The number of furan rings is 2. The van der Waals surface area contributed by atoms with Gasteiger partial charge in [0.15, 0.2) is 0 Å². The van der Waals surface area contributed by atoms with E-state index in [0.717, 1.165) is 67.8 Å². The second-order valence-electron chi connectivity index (χ2n) is 14.7. The maximum atomic E-state index is 6.47. The molecule has 54 heavy (non-hydrogen) atoms. The van der Waals surface area contributed by atoms with Crippen molar-refractivity contribution in [3.63, 3.8) is 0 Å². The number of pyridine rings is 2. The van der Waals surface area contributed by atoms with Crippen LogP contribution in [0.3, 0.4) is 0 Å². The van der Waals surface area contributed by atoms with Crippen molar-refractivity contribution in [2.75, 3.05) is 0 Å². The minimum Gasteiger partial charge on any atom is -0.460 e. The summed E-state index contributed by atoms with van der Waals surface area (Å²) in [5.74, 6) is 1.25. The lowest BCUT2D eigenvalue weighted by Gasteiger charge is -2.22. The lowest BCUT2D eigenvalue weighted by Crippen LogP contribution is -2.06. The zero-order chi connectivity index (χ0) is 36.5. The summed E-state index contributed by atoms with van der Waals surface area (Å²) in [6, 6.07) is 40.8. The van der Waals surface area contributed by atoms with E-state index in [2.05, 4.69) is 137 Å². The molecule has 4 heteroatoms. The molecule has 0 spiro atoms. The highest BCUT2D eigenvalue weighted by atomic mass is 16.3. The van der Waals surface area contributed by atoms with Crippen LogP contribution in [0.25, 0.3) is 83.8 Å². The van der Waals surface area contributed by atoms with Crippen molar-refractivity contribution >= 4 is 39.0 Å². The summed E-state index contributed by atoms with van der Waals surface area (Å²) in [5.41, 5.74) is 18.8. The highest BCUT2D eigenvalue weighted by Gasteiger charge is 2.27. The highest BCUT2D eigenvalue weighted by molar-refractivity contribution is 6.09. The standard InChI is InChI=1S/C50H38N2O2/c1-29-25-43(39-15-9-13-37-35-11-5-7-17-47(35)53-49(37)39)31(3)23-41(29)33-19-21-51-45(27-33)46-28-34(20-22-52-46)42-24-32(4)44(26-30(42)2)40-16-10-14-38-36-12-6-8-18-48(36)54-50(38)40/h5-15,17-28,40H,16H2,1-4H3. The fourth-order valence-corrected chi connectivity index (χ4v) is 8.59. The Bertz CT molecular complexity index is 2980. The second-order valence-corrected chi connectivity index (χ2v) is 14.7. The van der Waals surface area contributed by atoms with Crippen molar-refractivity contribution in [3.05, 3.63) is 173 Å². The lowest BCUT2D eigenvalue weighted by molar-refractivity contribution is 0.516. The Morgan fingerprint density at radius 1 is 0.519 bits per heavy atom. The van der Waals surface area contributed by atoms with E-state index in [9.17, 15) is 0 Å². The van der Waals surface area contributed by atoms with E-state index >= 15 is 0 Å². The summed E-state index contributed by atoms with van der Waals surface area (Å²) in [7, 11) is 0. The Hall–Kier alpha value is -6.52. The SMILES string of the molecule is Cc1cc(-c2cccc3c2oc2ccccc23)c(C)cc1-c1ccnc(-c2cc(-c3cc(C)c(C4CC=Cc5c4oc4ccccc54)cc3C)ccn2)c1. The molecule has 0 aliphatic heterocycles. The molecule has 10 rings (SSSR count). The average Bonchev–Trinajstić information content (AvgIpc) is 3.78. The van der Waals surface area contributed by atoms with Gasteiger partial charge in [0, 0.05) is 45.6 Å². The van der Waals surface area contributed by atoms with E-state index in [0.29, 0.717) is 0 Å². The van der Waals surface area contributed by atoms with Gasteiger partial charge < -0.3 is 8.83 Å². The van der Waals surface area contributed by atoms with Crippen molar-refractivity contribution in [1.29, 1.82) is 0 Å². The van der Waals surface area contributed by atoms with Crippen LogP contribution in [0.1, 0.15) is 51.5 Å². The predicted molar refractivity (Wildman–Crippen MR) is 222 cm³/mol. The van der Waals surface area contributed by atoms with Crippen LogP contribution in [0.2, 0.25) is 0 Å². The third kappa shape index (κ3) is 5.21. The number of aromatic nitrogens is 2. The molecule has 260 valence electrons. The van der Waals surface area contributed by atoms with Gasteiger partial charge in [-0.15, -0.1) is 0 Å². The molecule has 4 nitrogen and oxygen atoms in total. The van der Waals surface area contributed by atoms with E-state index in [1.165, 1.54) is 55.5 Å². The van der Waals surface area contributed by atoms with Gasteiger partial charge in [-0.2, -0.15) is 0 Å². The number of aryl methyl sites for hydroxylation is 4. The molecular formula is C50H38N2O2. The molecule has 0 saturated carbocycles. The van der Waals surface area contributed by atoms with Crippen molar-refractivity contribution in [2.24, 2.45) is 0 Å². The minimum atomic E-state index is 0.185. The molecule has 0 radical (unpaired) electrons. The maximum absolute atomic E-state index is 6.47. The highest BCUT2D eigenvalue weighted by Crippen LogP contribution is 2.43. The van der Waals surface area contributed by atoms with Crippen molar-refractivity contribution in [2.45, 2.75) is 40.0 Å². The predicted octanol–water partition coefficient (Wildman–Crippen LogP) is 13.6. The molecule has 0 amide bonds. The third-order valence-electron chi connectivity index (χ3n) is 11.3. The zero-order valence-corrected chi connectivity index (χ0v) is 30.8. The molecule has 0 saturated heterocycles. The van der Waals surface area contributed by atoms with Crippen molar-refractivity contribution < 1.29 is 8.83 Å². The van der Waals surface area contributed by atoms with Crippen LogP contribution in [-0.4, -0.2) is 9.97 Å². The molecule has 0 fully saturated rings. The zero-order valence-electron chi connectivity index (χ0n) is 30.8. The Morgan fingerprint density at radius 3 is 1.85 bits per heavy atom. The quantitative estimate of drug-likeness (QED) is 0.180. The van der Waals surface area contributed by atoms with Gasteiger partial charge in [0.2, 0.25) is 0 Å². The first kappa shape index (κ1) is 32.2. The van der Waals surface area contributed by atoms with Gasteiger partial charge in [-0.05, 0) is 126 Å². The molecular weight excluding hydrogens is 661 g/mol. The number of nitrogens with zero attached hydrogens (tertiary/aromatic N) is 2. The number of hydrogen-bond donors (Lipinski definition) is 0. The summed E-state index contributed by atoms with van der Waals surface area (Å²) in [5, 5.41) is 3.46. The first-order chi connectivity index (χ1) is 26.4. The summed E-state index contributed by atoms with van der Waals surface area (Å²) in [4.78, 5) is 9.61. The van der Waals surface area contributed by atoms with E-state index in [1.54, 1.807) is 0 Å². The molecule has 1 unspecified atom stereocenters.